The third kappa shape index (κ3) is 6.13. The van der Waals surface area contributed by atoms with E-state index in [-0.39, 0.29) is 23.2 Å². The van der Waals surface area contributed by atoms with E-state index in [4.69, 9.17) is 10.5 Å². The standard InChI is InChI=1S/C18H23N3O4S.ClH/c1-12(2)11-20-26(23,24)15-7-4-13(5-8-15)18(22)21-17-10-14(25-3)6-9-16(17)19;/h4-10,12,20H,11,19H2,1-3H3,(H,21,22);1H. The Hall–Kier alpha value is -2.29. The predicted molar refractivity (Wildman–Crippen MR) is 109 cm³/mol. The van der Waals surface area contributed by atoms with Crippen molar-refractivity contribution in [2.45, 2.75) is 18.7 Å². The van der Waals surface area contributed by atoms with Gasteiger partial charge in [-0.15, -0.1) is 12.4 Å². The summed E-state index contributed by atoms with van der Waals surface area (Å²) in [5.74, 6) is 0.361. The quantitative estimate of drug-likeness (QED) is 0.604. The number of ether oxygens (including phenoxy) is 1. The van der Waals surface area contributed by atoms with E-state index in [1.165, 1.54) is 31.4 Å². The van der Waals surface area contributed by atoms with E-state index in [2.05, 4.69) is 10.0 Å². The van der Waals surface area contributed by atoms with Crippen LogP contribution in [0.5, 0.6) is 5.75 Å². The van der Waals surface area contributed by atoms with Crippen molar-refractivity contribution in [1.29, 1.82) is 0 Å². The minimum Gasteiger partial charge on any atom is -0.497 e. The van der Waals surface area contributed by atoms with Gasteiger partial charge in [0, 0.05) is 18.2 Å². The zero-order valence-electron chi connectivity index (χ0n) is 15.4. The average molecular weight is 414 g/mol. The number of amides is 1. The third-order valence-electron chi connectivity index (χ3n) is 3.62. The minimum absolute atomic E-state index is 0. The highest BCUT2D eigenvalue weighted by molar-refractivity contribution is 7.89. The van der Waals surface area contributed by atoms with Gasteiger partial charge >= 0.3 is 0 Å². The number of anilines is 2. The molecule has 0 saturated heterocycles. The second-order valence-electron chi connectivity index (χ2n) is 6.18. The van der Waals surface area contributed by atoms with Crippen LogP contribution in [0.25, 0.3) is 0 Å². The fourth-order valence-electron chi connectivity index (χ4n) is 2.11. The summed E-state index contributed by atoms with van der Waals surface area (Å²) < 4.78 is 32.0. The van der Waals surface area contributed by atoms with Crippen molar-refractivity contribution in [3.8, 4) is 5.75 Å². The van der Waals surface area contributed by atoms with E-state index in [0.717, 1.165) is 0 Å². The average Bonchev–Trinajstić information content (AvgIpc) is 2.62. The number of benzene rings is 2. The van der Waals surface area contributed by atoms with Crippen LogP contribution in [0.4, 0.5) is 11.4 Å². The van der Waals surface area contributed by atoms with Crippen LogP contribution in [0, 0.1) is 5.92 Å². The highest BCUT2D eigenvalue weighted by atomic mass is 35.5. The number of rotatable bonds is 7. The van der Waals surface area contributed by atoms with E-state index >= 15 is 0 Å². The number of nitrogens with one attached hydrogen (secondary N) is 2. The molecule has 1 amide bonds. The predicted octanol–water partition coefficient (Wildman–Crippen LogP) is 2.89. The van der Waals surface area contributed by atoms with Crippen LogP contribution in [-0.4, -0.2) is 28.0 Å². The molecule has 0 radical (unpaired) electrons. The Balaban J connectivity index is 0.00000364. The second kappa shape index (κ2) is 9.59. The summed E-state index contributed by atoms with van der Waals surface area (Å²) >= 11 is 0. The Kier molecular flexibility index (Phi) is 8.08. The first-order valence-electron chi connectivity index (χ1n) is 8.07. The summed E-state index contributed by atoms with van der Waals surface area (Å²) in [6.07, 6.45) is 0. The van der Waals surface area contributed by atoms with Gasteiger partial charge in [-0.05, 0) is 42.3 Å². The molecule has 0 aliphatic carbocycles. The van der Waals surface area contributed by atoms with Crippen LogP contribution >= 0.6 is 12.4 Å². The molecule has 0 heterocycles. The van der Waals surface area contributed by atoms with Crippen LogP contribution in [0.15, 0.2) is 47.4 Å². The molecule has 0 aliphatic rings. The highest BCUT2D eigenvalue weighted by Crippen LogP contribution is 2.25. The van der Waals surface area contributed by atoms with Crippen molar-refractivity contribution in [2.75, 3.05) is 24.7 Å². The maximum atomic E-state index is 12.4. The molecule has 2 rings (SSSR count). The molecule has 0 bridgehead atoms. The molecular weight excluding hydrogens is 390 g/mol. The van der Waals surface area contributed by atoms with Crippen molar-refractivity contribution in [3.63, 3.8) is 0 Å². The van der Waals surface area contributed by atoms with E-state index in [0.29, 0.717) is 29.2 Å². The number of nitrogen functional groups attached to an aromatic ring is 1. The number of sulfonamides is 1. The Morgan fingerprint density at radius 3 is 2.33 bits per heavy atom. The summed E-state index contributed by atoms with van der Waals surface area (Å²) in [5.41, 5.74) is 6.99. The SMILES string of the molecule is COc1ccc(N)c(NC(=O)c2ccc(S(=O)(=O)NCC(C)C)cc2)c1.Cl. The first-order valence-corrected chi connectivity index (χ1v) is 9.56. The number of nitrogens with two attached hydrogens (primary N) is 1. The van der Waals surface area contributed by atoms with Crippen molar-refractivity contribution < 1.29 is 17.9 Å². The molecule has 0 unspecified atom stereocenters. The van der Waals surface area contributed by atoms with Crippen LogP contribution < -0.4 is 20.5 Å². The van der Waals surface area contributed by atoms with E-state index in [9.17, 15) is 13.2 Å². The lowest BCUT2D eigenvalue weighted by molar-refractivity contribution is 0.102. The number of halogens is 1. The van der Waals surface area contributed by atoms with Gasteiger partial charge in [0.2, 0.25) is 10.0 Å². The normalized spacial score (nSPS) is 11.0. The molecule has 4 N–H and O–H groups in total. The molecule has 0 aromatic heterocycles. The first kappa shape index (κ1) is 22.8. The second-order valence-corrected chi connectivity index (χ2v) is 7.94. The summed E-state index contributed by atoms with van der Waals surface area (Å²) in [4.78, 5) is 12.5. The van der Waals surface area contributed by atoms with E-state index in [1.807, 2.05) is 13.8 Å². The number of methoxy groups -OCH3 is 1. The third-order valence-corrected chi connectivity index (χ3v) is 5.06. The molecule has 0 fully saturated rings. The Bertz CT molecular complexity index is 884. The lowest BCUT2D eigenvalue weighted by atomic mass is 10.2. The molecule has 148 valence electrons. The lowest BCUT2D eigenvalue weighted by Crippen LogP contribution is -2.27. The van der Waals surface area contributed by atoms with Crippen molar-refractivity contribution in [3.05, 3.63) is 48.0 Å². The number of hydrogen-bond acceptors (Lipinski definition) is 5. The van der Waals surface area contributed by atoms with Gasteiger partial charge in [-0.25, -0.2) is 13.1 Å². The fraction of sp³-hybridized carbons (Fsp3) is 0.278. The molecule has 27 heavy (non-hydrogen) atoms. The van der Waals surface area contributed by atoms with Crippen molar-refractivity contribution in [2.24, 2.45) is 5.92 Å². The molecule has 9 heteroatoms. The molecule has 2 aromatic rings. The monoisotopic (exact) mass is 413 g/mol. The van der Waals surface area contributed by atoms with Crippen LogP contribution in [0.3, 0.4) is 0 Å². The van der Waals surface area contributed by atoms with Crippen molar-refractivity contribution in [1.82, 2.24) is 4.72 Å². The molecular formula is C18H24ClN3O4S. The van der Waals surface area contributed by atoms with Gasteiger partial charge in [-0.1, -0.05) is 13.8 Å². The molecule has 2 aromatic carbocycles. The number of hydrogen-bond donors (Lipinski definition) is 3. The van der Waals surface area contributed by atoms with Crippen LogP contribution in [0.2, 0.25) is 0 Å². The number of carbonyl (C=O) groups is 1. The molecule has 7 nitrogen and oxygen atoms in total. The van der Waals surface area contributed by atoms with Gasteiger partial charge in [-0.3, -0.25) is 4.79 Å². The molecule has 0 saturated carbocycles. The van der Waals surface area contributed by atoms with Crippen molar-refractivity contribution >= 4 is 39.7 Å². The van der Waals surface area contributed by atoms with E-state index < -0.39 is 15.9 Å². The number of carbonyl (C=O) groups excluding carboxylic acids is 1. The van der Waals surface area contributed by atoms with Crippen LogP contribution in [-0.2, 0) is 10.0 Å². The highest BCUT2D eigenvalue weighted by Gasteiger charge is 2.15. The Morgan fingerprint density at radius 2 is 1.78 bits per heavy atom. The smallest absolute Gasteiger partial charge is 0.255 e. The van der Waals surface area contributed by atoms with Gasteiger partial charge in [-0.2, -0.15) is 0 Å². The molecule has 0 aliphatic heterocycles. The maximum Gasteiger partial charge on any atom is 0.255 e. The van der Waals surface area contributed by atoms with Gasteiger partial charge in [0.15, 0.2) is 0 Å². The largest absolute Gasteiger partial charge is 0.497 e. The summed E-state index contributed by atoms with van der Waals surface area (Å²) in [5, 5.41) is 2.69. The minimum atomic E-state index is -3.59. The molecule has 0 spiro atoms. The van der Waals surface area contributed by atoms with Gasteiger partial charge < -0.3 is 15.8 Å². The topological polar surface area (TPSA) is 111 Å². The van der Waals surface area contributed by atoms with Gasteiger partial charge in [0.1, 0.15) is 5.75 Å². The molecule has 0 atom stereocenters. The van der Waals surface area contributed by atoms with Gasteiger partial charge in [0.05, 0.1) is 23.4 Å². The Labute approximate surface area is 165 Å². The summed E-state index contributed by atoms with van der Waals surface area (Å²) in [7, 11) is -2.07. The zero-order valence-corrected chi connectivity index (χ0v) is 17.0. The first-order chi connectivity index (χ1) is 12.2. The van der Waals surface area contributed by atoms with Crippen LogP contribution in [0.1, 0.15) is 24.2 Å². The summed E-state index contributed by atoms with van der Waals surface area (Å²) in [6, 6.07) is 10.6. The zero-order chi connectivity index (χ0) is 19.3. The Morgan fingerprint density at radius 1 is 1.15 bits per heavy atom. The lowest BCUT2D eigenvalue weighted by Gasteiger charge is -2.11. The summed E-state index contributed by atoms with van der Waals surface area (Å²) in [6.45, 7) is 4.18. The van der Waals surface area contributed by atoms with E-state index in [1.54, 1.807) is 18.2 Å². The maximum absolute atomic E-state index is 12.4. The fourth-order valence-corrected chi connectivity index (χ4v) is 3.32. The van der Waals surface area contributed by atoms with Gasteiger partial charge in [0.25, 0.3) is 5.91 Å².